The van der Waals surface area contributed by atoms with Crippen molar-refractivity contribution in [1.29, 1.82) is 5.39 Å². The van der Waals surface area contributed by atoms with Crippen LogP contribution < -0.4 is 0 Å². The van der Waals surface area contributed by atoms with Gasteiger partial charge in [0.1, 0.15) is 0 Å². The smallest absolute Gasteiger partial charge is 0.387 e. The van der Waals surface area contributed by atoms with Crippen LogP contribution in [0, 0.1) is 5.39 Å². The molecule has 5 nitrogen and oxygen atoms in total. The molecule has 1 N–H and O–H groups in total. The van der Waals surface area contributed by atoms with Gasteiger partial charge in [0.15, 0.2) is 10.7 Å². The molecule has 0 heterocycles. The normalized spacial score (nSPS) is 10.4. The molecule has 0 unspecified atom stereocenters. The fourth-order valence-corrected chi connectivity index (χ4v) is 0.463. The van der Waals surface area contributed by atoms with E-state index in [1.807, 2.05) is 0 Å². The summed E-state index contributed by atoms with van der Waals surface area (Å²) in [5, 5.41) is 16.7. The number of hydrogen-bond acceptors (Lipinski definition) is 4. The Bertz CT molecular complexity index is 204. The van der Waals surface area contributed by atoms with E-state index in [2.05, 4.69) is 9.71 Å². The number of hydrogen-bond donors (Lipinski definition) is 1. The molecule has 0 aliphatic rings. The van der Waals surface area contributed by atoms with Crippen LogP contribution in [0.4, 0.5) is 0 Å². The molecule has 0 saturated heterocycles. The van der Waals surface area contributed by atoms with Gasteiger partial charge in [0.05, 0.1) is 13.5 Å². The van der Waals surface area contributed by atoms with Gasteiger partial charge in [-0.2, -0.15) is 0 Å². The molecule has 0 atom stereocenters. The lowest BCUT2D eigenvalue weighted by atomic mass is 10.3. The molecule has 11 heavy (non-hydrogen) atoms. The number of carbonyl (C=O) groups is 1. The highest BCUT2D eigenvalue weighted by Gasteiger charge is 2.04. The Kier molecular flexibility index (Phi) is 4.49. The van der Waals surface area contributed by atoms with Gasteiger partial charge in [0, 0.05) is 6.42 Å². The Morgan fingerprint density at radius 1 is 1.73 bits per heavy atom. The summed E-state index contributed by atoms with van der Waals surface area (Å²) in [7, 11) is 1.26. The molecular weight excluding hydrogens is 148 g/mol. The number of aliphatic hydroxyl groups is 1. The minimum atomic E-state index is -0.414. The summed E-state index contributed by atoms with van der Waals surface area (Å²) in [5.74, 6) is -0.569. The third kappa shape index (κ3) is 4.90. The minimum absolute atomic E-state index is 0.0777. The first-order valence-electron chi connectivity index (χ1n) is 2.99. The molecule has 5 heteroatoms. The van der Waals surface area contributed by atoms with Gasteiger partial charge in [0.2, 0.25) is 5.39 Å². The number of aliphatic hydroxyl groups excluding tert-OH is 1. The maximum Gasteiger partial charge on any atom is 0.387 e. The second kappa shape index (κ2) is 5.23. The first-order chi connectivity index (χ1) is 5.20. The highest BCUT2D eigenvalue weighted by molar-refractivity contribution is 5.69. The molecule has 0 amide bonds. The van der Waals surface area contributed by atoms with Crippen molar-refractivity contribution in [1.82, 2.24) is 0 Å². The van der Waals surface area contributed by atoms with Crippen LogP contribution in [0.15, 0.2) is 12.0 Å². The van der Waals surface area contributed by atoms with Gasteiger partial charge in [0.25, 0.3) is 0 Å². The monoisotopic (exact) mass is 157 g/mol. The van der Waals surface area contributed by atoms with Gasteiger partial charge in [-0.3, -0.25) is 4.79 Å². The van der Waals surface area contributed by atoms with Crippen molar-refractivity contribution in [3.05, 3.63) is 16.9 Å². The maximum atomic E-state index is 10.5. The lowest BCUT2D eigenvalue weighted by Gasteiger charge is -1.94. The largest absolute Gasteiger partial charge is 0.505 e. The predicted octanol–water partition coefficient (Wildman–Crippen LogP) is 1.19. The molecule has 0 rings (SSSR count). The van der Waals surface area contributed by atoms with Crippen molar-refractivity contribution < 1.29 is 14.6 Å². The van der Waals surface area contributed by atoms with E-state index in [0.717, 1.165) is 6.20 Å². The van der Waals surface area contributed by atoms with Crippen molar-refractivity contribution in [2.24, 2.45) is 0 Å². The first kappa shape index (κ1) is 9.43. The van der Waals surface area contributed by atoms with E-state index in [-0.39, 0.29) is 18.6 Å². The number of nitrogens with zero attached hydrogens (tertiary/aromatic N) is 2. The van der Waals surface area contributed by atoms with Crippen LogP contribution in [0.5, 0.6) is 0 Å². The SMILES string of the molecule is COC(=O)CC/C(O)=C/[N+]#N. The molecule has 0 spiro atoms. The molecule has 0 bridgehead atoms. The maximum absolute atomic E-state index is 10.5. The van der Waals surface area contributed by atoms with Crippen LogP contribution in [-0.2, 0) is 9.53 Å². The number of esters is 1. The third-order valence-electron chi connectivity index (χ3n) is 1.02. The predicted molar refractivity (Wildman–Crippen MR) is 37.0 cm³/mol. The van der Waals surface area contributed by atoms with E-state index >= 15 is 0 Å². The van der Waals surface area contributed by atoms with Crippen LogP contribution in [-0.4, -0.2) is 18.2 Å². The van der Waals surface area contributed by atoms with E-state index in [9.17, 15) is 4.79 Å². The number of ether oxygens (including phenoxy) is 1. The third-order valence-corrected chi connectivity index (χ3v) is 1.02. The summed E-state index contributed by atoms with van der Waals surface area (Å²) >= 11 is 0. The molecule has 0 radical (unpaired) electrons. The van der Waals surface area contributed by atoms with Crippen molar-refractivity contribution in [2.45, 2.75) is 12.8 Å². The van der Waals surface area contributed by atoms with Gasteiger partial charge in [-0.1, -0.05) is 0 Å². The quantitative estimate of drug-likeness (QED) is 0.379. The fraction of sp³-hybridized carbons (Fsp3) is 0.500. The van der Waals surface area contributed by atoms with Crippen LogP contribution in [0.25, 0.3) is 4.98 Å². The van der Waals surface area contributed by atoms with E-state index in [1.54, 1.807) is 0 Å². The number of carbonyl (C=O) groups excluding carboxylic acids is 1. The van der Waals surface area contributed by atoms with Crippen LogP contribution in [0.1, 0.15) is 12.8 Å². The highest BCUT2D eigenvalue weighted by Crippen LogP contribution is 2.01. The zero-order valence-corrected chi connectivity index (χ0v) is 6.15. The van der Waals surface area contributed by atoms with Gasteiger partial charge >= 0.3 is 12.2 Å². The molecular formula is C6H9N2O3+. The zero-order valence-electron chi connectivity index (χ0n) is 6.15. The second-order valence-corrected chi connectivity index (χ2v) is 1.81. The van der Waals surface area contributed by atoms with Crippen LogP contribution in [0.2, 0.25) is 0 Å². The number of diazo groups is 1. The van der Waals surface area contributed by atoms with Gasteiger partial charge in [-0.05, 0) is 0 Å². The Morgan fingerprint density at radius 3 is 2.82 bits per heavy atom. The first-order valence-corrected chi connectivity index (χ1v) is 2.99. The molecule has 0 aromatic heterocycles. The van der Waals surface area contributed by atoms with Gasteiger partial charge in [-0.25, -0.2) is 0 Å². The summed E-state index contributed by atoms with van der Waals surface area (Å²) in [6.07, 6.45) is 1.06. The Labute approximate surface area is 63.9 Å². The molecule has 0 aliphatic carbocycles. The van der Waals surface area contributed by atoms with Crippen molar-refractivity contribution >= 4 is 5.97 Å². The Hall–Kier alpha value is -1.57. The molecule has 0 fully saturated rings. The molecule has 0 aromatic carbocycles. The Morgan fingerprint density at radius 2 is 2.36 bits per heavy atom. The highest BCUT2D eigenvalue weighted by atomic mass is 16.5. The fourth-order valence-electron chi connectivity index (χ4n) is 0.463. The van der Waals surface area contributed by atoms with Crippen molar-refractivity contribution in [2.75, 3.05) is 7.11 Å². The summed E-state index contributed by atoms with van der Waals surface area (Å²) < 4.78 is 4.31. The average molecular weight is 157 g/mol. The standard InChI is InChI=1S/C6H8N2O3/c1-11-6(10)3-2-5(9)4-8-7/h4H,2-3H2,1H3/p+1/b5-4-. The zero-order chi connectivity index (χ0) is 8.69. The van der Waals surface area contributed by atoms with Gasteiger partial charge in [-0.15, -0.1) is 0 Å². The summed E-state index contributed by atoms with van der Waals surface area (Å²) in [5.41, 5.74) is 0. The molecule has 0 aliphatic heterocycles. The molecule has 60 valence electrons. The van der Waals surface area contributed by atoms with E-state index in [1.165, 1.54) is 7.11 Å². The van der Waals surface area contributed by atoms with Crippen LogP contribution in [0.3, 0.4) is 0 Å². The number of allylic oxidation sites excluding steroid dienone is 1. The average Bonchev–Trinajstić information content (AvgIpc) is 2.01. The van der Waals surface area contributed by atoms with Gasteiger partial charge < -0.3 is 9.84 Å². The van der Waals surface area contributed by atoms with E-state index in [0.29, 0.717) is 0 Å². The molecule has 0 saturated carbocycles. The lowest BCUT2D eigenvalue weighted by molar-refractivity contribution is -0.140. The van der Waals surface area contributed by atoms with Crippen molar-refractivity contribution in [3.63, 3.8) is 0 Å². The van der Waals surface area contributed by atoms with E-state index < -0.39 is 5.97 Å². The summed E-state index contributed by atoms with van der Waals surface area (Å²) in [4.78, 5) is 13.0. The minimum Gasteiger partial charge on any atom is -0.505 e. The van der Waals surface area contributed by atoms with Crippen molar-refractivity contribution in [3.8, 4) is 0 Å². The van der Waals surface area contributed by atoms with Crippen LogP contribution >= 0.6 is 0 Å². The van der Waals surface area contributed by atoms with E-state index in [4.69, 9.17) is 10.5 Å². The number of methoxy groups -OCH3 is 1. The summed E-state index contributed by atoms with van der Waals surface area (Å²) in [6.45, 7) is 0. The Balaban J connectivity index is 3.64. The topological polar surface area (TPSA) is 74.7 Å². The lowest BCUT2D eigenvalue weighted by Crippen LogP contribution is -1.99. The summed E-state index contributed by atoms with van der Waals surface area (Å²) in [6, 6.07) is 0. The number of rotatable bonds is 3. The molecule has 0 aromatic rings. The second-order valence-electron chi connectivity index (χ2n) is 1.81.